The molecule has 0 spiro atoms. The van der Waals surface area contributed by atoms with Gasteiger partial charge in [0.25, 0.3) is 0 Å². The Bertz CT molecular complexity index is 1060. The molecule has 9 unspecified atom stereocenters. The average molecular weight is 499 g/mol. The van der Waals surface area contributed by atoms with Gasteiger partial charge in [-0.2, -0.15) is 0 Å². The lowest BCUT2D eigenvalue weighted by atomic mass is 9.52. The minimum Gasteiger partial charge on any atom is -0.456 e. The van der Waals surface area contributed by atoms with E-state index in [4.69, 9.17) is 9.47 Å². The smallest absolute Gasteiger partial charge is 0.336 e. The summed E-state index contributed by atoms with van der Waals surface area (Å²) in [6.45, 7) is 12.2. The van der Waals surface area contributed by atoms with E-state index in [0.29, 0.717) is 41.4 Å². The van der Waals surface area contributed by atoms with Crippen molar-refractivity contribution in [1.29, 1.82) is 0 Å². The molecule has 9 atom stereocenters. The second-order valence-corrected chi connectivity index (χ2v) is 13.0. The van der Waals surface area contributed by atoms with Gasteiger partial charge in [0.15, 0.2) is 5.78 Å². The first kappa shape index (κ1) is 25.7. The summed E-state index contributed by atoms with van der Waals surface area (Å²) in [4.78, 5) is 39.5. The van der Waals surface area contributed by atoms with Gasteiger partial charge in [-0.1, -0.05) is 53.0 Å². The van der Waals surface area contributed by atoms with E-state index in [1.54, 1.807) is 13.8 Å². The number of allylic oxidation sites excluding steroid dienone is 1. The lowest BCUT2D eigenvalue weighted by molar-refractivity contribution is -0.227. The van der Waals surface area contributed by atoms with E-state index in [-0.39, 0.29) is 23.0 Å². The molecule has 4 aliphatic carbocycles. The van der Waals surface area contributed by atoms with Crippen LogP contribution in [0, 0.1) is 40.4 Å². The standard InChI is InChI=1S/C30H42O6/c1-16-9-7-11-20-13-23(31)22(15-28(16,20)5)18(3)26(32)35-25-24-19(4)27(33)36-30(24,34)14-21-12-8-10-17(2)29(21,25)6/h15-18,20-21,25,34H,7-14H2,1-6H3. The highest BCUT2D eigenvalue weighted by Crippen LogP contribution is 2.60. The van der Waals surface area contributed by atoms with Gasteiger partial charge in [-0.3, -0.25) is 9.59 Å². The van der Waals surface area contributed by atoms with Gasteiger partial charge in [0.05, 0.1) is 11.5 Å². The van der Waals surface area contributed by atoms with Crippen molar-refractivity contribution < 1.29 is 29.0 Å². The van der Waals surface area contributed by atoms with E-state index in [1.807, 2.05) is 0 Å². The van der Waals surface area contributed by atoms with Crippen LogP contribution in [0.25, 0.3) is 0 Å². The van der Waals surface area contributed by atoms with Crippen LogP contribution in [0.4, 0.5) is 0 Å². The maximum atomic E-state index is 13.8. The van der Waals surface area contributed by atoms with Crippen molar-refractivity contribution >= 4 is 17.7 Å². The first-order valence-corrected chi connectivity index (χ1v) is 14.0. The molecule has 0 radical (unpaired) electrons. The molecule has 0 saturated heterocycles. The van der Waals surface area contributed by atoms with Crippen molar-refractivity contribution in [3.63, 3.8) is 0 Å². The Labute approximate surface area is 214 Å². The quantitative estimate of drug-likeness (QED) is 0.532. The van der Waals surface area contributed by atoms with Crippen LogP contribution in [0.15, 0.2) is 22.8 Å². The highest BCUT2D eigenvalue weighted by molar-refractivity contribution is 6.01. The minimum absolute atomic E-state index is 0.0427. The Morgan fingerprint density at radius 1 is 1.08 bits per heavy atom. The van der Waals surface area contributed by atoms with Crippen molar-refractivity contribution in [3.05, 3.63) is 22.8 Å². The number of carbonyl (C=O) groups is 3. The molecule has 1 N–H and O–H groups in total. The highest BCUT2D eigenvalue weighted by atomic mass is 16.7. The van der Waals surface area contributed by atoms with E-state index in [1.165, 1.54) is 0 Å². The lowest BCUT2D eigenvalue weighted by Gasteiger charge is -2.56. The molecule has 6 heteroatoms. The van der Waals surface area contributed by atoms with Crippen LogP contribution >= 0.6 is 0 Å². The predicted molar refractivity (Wildman–Crippen MR) is 134 cm³/mol. The molecule has 36 heavy (non-hydrogen) atoms. The van der Waals surface area contributed by atoms with Gasteiger partial charge in [0, 0.05) is 29.4 Å². The second-order valence-electron chi connectivity index (χ2n) is 13.0. The molecule has 1 aliphatic heterocycles. The Hall–Kier alpha value is -1.95. The minimum atomic E-state index is -1.73. The number of hydrogen-bond acceptors (Lipinski definition) is 6. The first-order valence-electron chi connectivity index (χ1n) is 14.0. The summed E-state index contributed by atoms with van der Waals surface area (Å²) < 4.78 is 11.8. The number of ketones is 1. The summed E-state index contributed by atoms with van der Waals surface area (Å²) in [7, 11) is 0. The maximum absolute atomic E-state index is 13.8. The number of hydrogen-bond donors (Lipinski definition) is 1. The van der Waals surface area contributed by atoms with E-state index < -0.39 is 35.2 Å². The normalized spacial score (nSPS) is 45.2. The number of rotatable bonds is 3. The Balaban J connectivity index is 1.49. The van der Waals surface area contributed by atoms with Crippen LogP contribution in [-0.4, -0.2) is 34.7 Å². The van der Waals surface area contributed by atoms with Gasteiger partial charge in [-0.05, 0) is 62.2 Å². The molecule has 3 saturated carbocycles. The molecule has 198 valence electrons. The molecule has 0 aromatic heterocycles. The van der Waals surface area contributed by atoms with Crippen LogP contribution in [-0.2, 0) is 23.9 Å². The van der Waals surface area contributed by atoms with Crippen molar-refractivity contribution in [2.24, 2.45) is 40.4 Å². The monoisotopic (exact) mass is 498 g/mol. The Kier molecular flexibility index (Phi) is 6.09. The Morgan fingerprint density at radius 2 is 1.72 bits per heavy atom. The summed E-state index contributed by atoms with van der Waals surface area (Å²) in [6, 6.07) is 0. The van der Waals surface area contributed by atoms with Gasteiger partial charge >= 0.3 is 11.9 Å². The zero-order valence-electron chi connectivity index (χ0n) is 22.7. The molecule has 3 fully saturated rings. The van der Waals surface area contributed by atoms with Gasteiger partial charge in [-0.25, -0.2) is 4.79 Å². The number of ether oxygens (including phenoxy) is 2. The molecule has 0 bridgehead atoms. The molecule has 6 nitrogen and oxygen atoms in total. The first-order chi connectivity index (χ1) is 16.8. The van der Waals surface area contributed by atoms with Crippen molar-refractivity contribution in [3.8, 4) is 0 Å². The van der Waals surface area contributed by atoms with Crippen LogP contribution in [0.3, 0.4) is 0 Å². The van der Waals surface area contributed by atoms with Crippen LogP contribution in [0.1, 0.15) is 92.9 Å². The molecule has 0 aromatic carbocycles. The van der Waals surface area contributed by atoms with Gasteiger partial charge < -0.3 is 14.6 Å². The summed E-state index contributed by atoms with van der Waals surface area (Å²) in [6.07, 6.45) is 8.36. The largest absolute Gasteiger partial charge is 0.456 e. The third-order valence-electron chi connectivity index (χ3n) is 11.3. The fraction of sp³-hybridized carbons (Fsp3) is 0.767. The number of Topliss-reactive ketones (excluding diaryl/α,β-unsaturated/α-hetero) is 1. The van der Waals surface area contributed by atoms with Gasteiger partial charge in [0.2, 0.25) is 5.79 Å². The van der Waals surface area contributed by atoms with Crippen molar-refractivity contribution in [2.75, 3.05) is 0 Å². The molecular weight excluding hydrogens is 456 g/mol. The van der Waals surface area contributed by atoms with E-state index in [9.17, 15) is 19.5 Å². The molecule has 0 aromatic rings. The molecule has 5 aliphatic rings. The number of esters is 2. The van der Waals surface area contributed by atoms with E-state index in [2.05, 4.69) is 33.8 Å². The van der Waals surface area contributed by atoms with Gasteiger partial charge in [0.1, 0.15) is 6.10 Å². The van der Waals surface area contributed by atoms with E-state index in [0.717, 1.165) is 38.5 Å². The maximum Gasteiger partial charge on any atom is 0.336 e. The zero-order chi connectivity index (χ0) is 26.2. The average Bonchev–Trinajstić information content (AvgIpc) is 3.04. The zero-order valence-corrected chi connectivity index (χ0v) is 22.7. The van der Waals surface area contributed by atoms with Crippen molar-refractivity contribution in [1.82, 2.24) is 0 Å². The second kappa shape index (κ2) is 8.54. The van der Waals surface area contributed by atoms with Crippen LogP contribution in [0.5, 0.6) is 0 Å². The third kappa shape index (κ3) is 3.57. The lowest BCUT2D eigenvalue weighted by Crippen LogP contribution is -2.59. The molecular formula is C30H42O6. The van der Waals surface area contributed by atoms with Crippen molar-refractivity contribution in [2.45, 2.75) is 105 Å². The SMILES string of the molecule is CC1=C2C(OC(=O)C(C)C3=CC4(C)C(C)CCCC4CC3=O)C3(C)C(C)CCCC3CC2(O)OC1=O. The fourth-order valence-electron chi connectivity index (χ4n) is 8.31. The third-order valence-corrected chi connectivity index (χ3v) is 11.3. The molecule has 5 rings (SSSR count). The summed E-state index contributed by atoms with van der Waals surface area (Å²) >= 11 is 0. The Morgan fingerprint density at radius 3 is 2.42 bits per heavy atom. The molecule has 1 heterocycles. The molecule has 0 amide bonds. The number of fused-ring (bicyclic) bond motifs is 3. The number of aliphatic hydroxyl groups is 1. The highest BCUT2D eigenvalue weighted by Gasteiger charge is 2.64. The summed E-state index contributed by atoms with van der Waals surface area (Å²) in [5.74, 6) is -2.34. The fourth-order valence-corrected chi connectivity index (χ4v) is 8.31. The summed E-state index contributed by atoms with van der Waals surface area (Å²) in [5.41, 5.74) is 0.768. The van der Waals surface area contributed by atoms with Crippen LogP contribution in [0.2, 0.25) is 0 Å². The van der Waals surface area contributed by atoms with Crippen LogP contribution < -0.4 is 0 Å². The van der Waals surface area contributed by atoms with E-state index >= 15 is 0 Å². The predicted octanol–water partition coefficient (Wildman–Crippen LogP) is 5.28. The number of carbonyl (C=O) groups excluding carboxylic acids is 3. The van der Waals surface area contributed by atoms with Gasteiger partial charge in [-0.15, -0.1) is 0 Å². The summed E-state index contributed by atoms with van der Waals surface area (Å²) in [5, 5.41) is 11.4. The topological polar surface area (TPSA) is 89.9 Å².